The molecule has 12 nitrogen and oxygen atoms in total. The van der Waals surface area contributed by atoms with Gasteiger partial charge in [0.05, 0.1) is 26.2 Å². The number of amides is 2. The first-order chi connectivity index (χ1) is 20.3. The van der Waals surface area contributed by atoms with Crippen molar-refractivity contribution in [2.24, 2.45) is 5.73 Å². The van der Waals surface area contributed by atoms with Gasteiger partial charge in [0.15, 0.2) is 5.82 Å². The largest absolute Gasteiger partial charge is 0.480 e. The maximum Gasteiger partial charge on any atom is 0.343 e. The number of nitrogens with zero attached hydrogens (tertiary/aromatic N) is 4. The second kappa shape index (κ2) is 11.9. The smallest absolute Gasteiger partial charge is 0.343 e. The van der Waals surface area contributed by atoms with Gasteiger partial charge in [0.1, 0.15) is 16.5 Å². The van der Waals surface area contributed by atoms with Crippen molar-refractivity contribution in [3.05, 3.63) is 98.2 Å². The van der Waals surface area contributed by atoms with Gasteiger partial charge in [-0.3, -0.25) is 14.2 Å². The van der Waals surface area contributed by atoms with Gasteiger partial charge in [0.2, 0.25) is 5.88 Å². The van der Waals surface area contributed by atoms with Crippen LogP contribution < -0.4 is 32.5 Å². The topological polar surface area (TPSA) is 155 Å². The number of anilines is 1. The third kappa shape index (κ3) is 5.23. The van der Waals surface area contributed by atoms with Crippen LogP contribution in [0.1, 0.15) is 11.1 Å². The van der Waals surface area contributed by atoms with Gasteiger partial charge < -0.3 is 15.8 Å². The quantitative estimate of drug-likeness (QED) is 0.231. The summed E-state index contributed by atoms with van der Waals surface area (Å²) < 4.78 is 36.4. The molecule has 0 fully saturated rings. The molecule has 216 valence electrons. The van der Waals surface area contributed by atoms with E-state index in [0.29, 0.717) is 21.7 Å². The van der Waals surface area contributed by atoms with E-state index in [1.54, 1.807) is 24.3 Å². The first-order valence-electron chi connectivity index (χ1n) is 12.3. The molecule has 0 bridgehead atoms. The second-order valence-corrected chi connectivity index (χ2v) is 9.77. The van der Waals surface area contributed by atoms with Crippen molar-refractivity contribution in [2.75, 3.05) is 19.5 Å². The Bertz CT molecular complexity index is 1880. The van der Waals surface area contributed by atoms with Crippen molar-refractivity contribution in [1.29, 1.82) is 0 Å². The monoisotopic (exact) mass is 595 g/mol. The summed E-state index contributed by atoms with van der Waals surface area (Å²) in [6, 6.07) is 12.2. The number of urea groups is 1. The van der Waals surface area contributed by atoms with Crippen LogP contribution in [0.15, 0.2) is 64.2 Å². The number of carbonyl (C=O) groups excluding carboxylic acids is 1. The van der Waals surface area contributed by atoms with Gasteiger partial charge >= 0.3 is 11.7 Å². The van der Waals surface area contributed by atoms with Gasteiger partial charge in [-0.2, -0.15) is 0 Å². The lowest BCUT2D eigenvalue weighted by molar-refractivity contribution is 0.114. The maximum absolute atomic E-state index is 14.7. The van der Waals surface area contributed by atoms with Crippen molar-refractivity contribution in [3.8, 4) is 22.1 Å². The zero-order valence-electron chi connectivity index (χ0n) is 22.2. The molecule has 5 aromatic rings. The summed E-state index contributed by atoms with van der Waals surface area (Å²) in [6.45, 7) is -0.611. The number of methoxy groups -OCH3 is 1. The van der Waals surface area contributed by atoms with Crippen molar-refractivity contribution >= 4 is 33.3 Å². The molecular weight excluding hydrogens is 572 g/mol. The summed E-state index contributed by atoms with van der Waals surface area (Å²) in [5, 5.41) is 10.5. The molecule has 0 saturated carbocycles. The lowest BCUT2D eigenvalue weighted by atomic mass is 10.1. The van der Waals surface area contributed by atoms with Crippen LogP contribution in [0.4, 0.5) is 19.3 Å². The van der Waals surface area contributed by atoms with Crippen molar-refractivity contribution in [2.45, 2.75) is 13.1 Å². The summed E-state index contributed by atoms with van der Waals surface area (Å²) in [6.07, 6.45) is 0. The first kappa shape index (κ1) is 28.5. The highest BCUT2D eigenvalue weighted by Gasteiger charge is 2.25. The summed E-state index contributed by atoms with van der Waals surface area (Å²) >= 11 is 1.07. The van der Waals surface area contributed by atoms with Crippen LogP contribution in [0.2, 0.25) is 0 Å². The number of carbonyl (C=O) groups is 1. The van der Waals surface area contributed by atoms with Crippen LogP contribution in [-0.2, 0) is 17.9 Å². The van der Waals surface area contributed by atoms with Crippen LogP contribution in [0.3, 0.4) is 0 Å². The highest BCUT2D eigenvalue weighted by atomic mass is 32.1. The Morgan fingerprint density at radius 1 is 1.00 bits per heavy atom. The molecule has 0 aliphatic carbocycles. The average Bonchev–Trinajstić information content (AvgIpc) is 3.37. The van der Waals surface area contributed by atoms with E-state index in [1.165, 1.54) is 32.4 Å². The predicted molar refractivity (Wildman–Crippen MR) is 152 cm³/mol. The number of nitrogens with two attached hydrogens (primary N) is 1. The van der Waals surface area contributed by atoms with E-state index >= 15 is 0 Å². The van der Waals surface area contributed by atoms with Crippen LogP contribution >= 0.6 is 11.3 Å². The van der Waals surface area contributed by atoms with Gasteiger partial charge in [-0.05, 0) is 41.5 Å². The van der Waals surface area contributed by atoms with E-state index in [0.717, 1.165) is 32.6 Å². The number of halogens is 2. The molecule has 2 amide bonds. The van der Waals surface area contributed by atoms with Crippen molar-refractivity contribution < 1.29 is 23.1 Å². The normalized spacial score (nSPS) is 11.1. The Labute approximate surface area is 239 Å². The summed E-state index contributed by atoms with van der Waals surface area (Å²) in [5.74, 6) is -1.67. The van der Waals surface area contributed by atoms with E-state index in [2.05, 4.69) is 25.8 Å². The van der Waals surface area contributed by atoms with Gasteiger partial charge in [-0.1, -0.05) is 18.2 Å². The summed E-state index contributed by atoms with van der Waals surface area (Å²) in [4.78, 5) is 44.8. The number of hydroxylamine groups is 1. The fraction of sp³-hybridized carbons (Fsp3) is 0.148. The van der Waals surface area contributed by atoms with Crippen LogP contribution in [0, 0.1) is 11.6 Å². The lowest BCUT2D eigenvalue weighted by Gasteiger charge is -2.13. The predicted octanol–water partition coefficient (Wildman–Crippen LogP) is 3.15. The van der Waals surface area contributed by atoms with Gasteiger partial charge in [0, 0.05) is 28.7 Å². The lowest BCUT2D eigenvalue weighted by Crippen LogP contribution is -2.39. The Morgan fingerprint density at radius 2 is 1.71 bits per heavy atom. The maximum atomic E-state index is 14.7. The average molecular weight is 596 g/mol. The number of rotatable bonds is 8. The molecule has 15 heteroatoms. The van der Waals surface area contributed by atoms with E-state index < -0.39 is 35.5 Å². The molecule has 42 heavy (non-hydrogen) atoms. The Morgan fingerprint density at radius 3 is 2.31 bits per heavy atom. The Kier molecular flexibility index (Phi) is 8.06. The van der Waals surface area contributed by atoms with E-state index in [9.17, 15) is 23.2 Å². The van der Waals surface area contributed by atoms with Crippen molar-refractivity contribution in [3.63, 3.8) is 0 Å². The zero-order chi connectivity index (χ0) is 30.0. The molecule has 0 aliphatic heterocycles. The molecule has 0 atom stereocenters. The van der Waals surface area contributed by atoms with Crippen molar-refractivity contribution in [1.82, 2.24) is 24.8 Å². The fourth-order valence-corrected chi connectivity index (χ4v) is 5.70. The first-order valence-corrected chi connectivity index (χ1v) is 13.1. The molecule has 0 spiro atoms. The number of ether oxygens (including phenoxy) is 1. The summed E-state index contributed by atoms with van der Waals surface area (Å²) in [7, 11) is 2.68. The van der Waals surface area contributed by atoms with Gasteiger partial charge in [-0.15, -0.1) is 21.5 Å². The van der Waals surface area contributed by atoms with Crippen LogP contribution in [0.25, 0.3) is 26.5 Å². The minimum Gasteiger partial charge on any atom is -0.480 e. The second-order valence-electron chi connectivity index (χ2n) is 8.78. The molecule has 5 rings (SSSR count). The molecule has 3 heterocycles. The number of benzene rings is 2. The van der Waals surface area contributed by atoms with E-state index in [-0.39, 0.29) is 34.0 Å². The number of thiophene rings is 1. The number of hydrogen-bond acceptors (Lipinski definition) is 9. The molecule has 3 aromatic heterocycles. The molecule has 0 aliphatic rings. The highest BCUT2D eigenvalue weighted by molar-refractivity contribution is 7.22. The Balaban J connectivity index is 1.75. The zero-order valence-corrected chi connectivity index (χ0v) is 23.0. The number of fused-ring (bicyclic) bond motifs is 1. The molecule has 0 unspecified atom stereocenters. The standard InChI is InChI=1S/C27H23F2N7O5S/c1-40-21-11-10-20(32-33-21)36-24(37)22-16(12-30)23(14-6-8-15(9-7-14)31-26(38)34-41-2)42-25(22)35(27(36)39)13-17-18(28)4-3-5-19(17)29/h3-11H,12-13,30H2,1-2H3,(H2,31,34,38). The molecule has 0 radical (unpaired) electrons. The molecular formula is C27H23F2N7O5S. The van der Waals surface area contributed by atoms with Crippen LogP contribution in [0.5, 0.6) is 5.88 Å². The fourth-order valence-electron chi connectivity index (χ4n) is 4.38. The number of aromatic nitrogens is 4. The van der Waals surface area contributed by atoms with Gasteiger partial charge in [0.25, 0.3) is 5.56 Å². The van der Waals surface area contributed by atoms with Gasteiger partial charge in [-0.25, -0.2) is 28.4 Å². The third-order valence-electron chi connectivity index (χ3n) is 6.32. The molecule has 2 aromatic carbocycles. The summed E-state index contributed by atoms with van der Waals surface area (Å²) in [5.41, 5.74) is 7.81. The third-order valence-corrected chi connectivity index (χ3v) is 7.62. The SMILES string of the molecule is CONC(=O)Nc1ccc(-c2sc3c(c2CN)c(=O)n(-c2ccc(OC)nn2)c(=O)n3Cc2c(F)cccc2F)cc1. The Hall–Kier alpha value is -4.99. The highest BCUT2D eigenvalue weighted by Crippen LogP contribution is 2.37. The van der Waals surface area contributed by atoms with E-state index in [4.69, 9.17) is 10.5 Å². The minimum atomic E-state index is -0.880. The number of nitrogens with one attached hydrogen (secondary N) is 2. The van der Waals surface area contributed by atoms with Crippen LogP contribution in [-0.4, -0.2) is 39.6 Å². The number of hydrogen-bond donors (Lipinski definition) is 3. The molecule has 4 N–H and O–H groups in total. The van der Waals surface area contributed by atoms with E-state index in [1.807, 2.05) is 0 Å². The minimum absolute atomic E-state index is 0.0909. The molecule has 0 saturated heterocycles.